The molecule has 0 heterocycles. The maximum absolute atomic E-state index is 13.3. The van der Waals surface area contributed by atoms with E-state index in [1.807, 2.05) is 0 Å². The largest absolute Gasteiger partial charge is 0.481 e. The number of aliphatic hydroxyl groups is 1. The number of hydrogen-bond donors (Lipinski definition) is 14. The second kappa shape index (κ2) is 26.4. The summed E-state index contributed by atoms with van der Waals surface area (Å²) < 4.78 is 0. The summed E-state index contributed by atoms with van der Waals surface area (Å²) in [7, 11) is 0. The lowest BCUT2D eigenvalue weighted by Crippen LogP contribution is -2.59. The van der Waals surface area contributed by atoms with E-state index in [9.17, 15) is 58.2 Å². The third-order valence-corrected chi connectivity index (χ3v) is 7.92. The Morgan fingerprint density at radius 1 is 0.571 bits per heavy atom. The Balaban J connectivity index is 5.57. The smallest absolute Gasteiger partial charge is 0.326 e. The first-order valence-electron chi connectivity index (χ1n) is 17.8. The highest BCUT2D eigenvalue weighted by atomic mass is 16.4. The van der Waals surface area contributed by atoms with Crippen LogP contribution in [0, 0.1) is 0 Å². The van der Waals surface area contributed by atoms with Crippen LogP contribution >= 0.6 is 0 Å². The fourth-order valence-electron chi connectivity index (χ4n) is 4.75. The molecule has 0 saturated carbocycles. The second-order valence-corrected chi connectivity index (χ2v) is 12.9. The standard InChI is InChI=1S/C32H57N11O13/c1-15(26(49)37-14-23(46)43-25(17(3)44)31(54)41-20(32(55)56)9-5-7-11-34)39-29(52)19(8-4-6-10-33)40-30(53)21(13-22(36)45)42-27(50)16(2)38-28(51)18(35)12-24(47)48/h15-21,25,44H,4-14,33-35H2,1-3H3,(H2,36,45)(H,37,49)(H,38,51)(H,39,52)(H,40,53)(H,41,54)(H,42,50)(H,43,46)(H,47,48)(H,55,56)/t15-,16-,17+,18-,19-,20-,21-,25-/m0/s1. The molecule has 0 aliphatic carbocycles. The average molecular weight is 804 g/mol. The molecule has 56 heavy (non-hydrogen) atoms. The van der Waals surface area contributed by atoms with Crippen LogP contribution in [0.1, 0.15) is 72.1 Å². The lowest BCUT2D eigenvalue weighted by atomic mass is 10.1. The van der Waals surface area contributed by atoms with E-state index < -0.39 is 127 Å². The highest BCUT2D eigenvalue weighted by Crippen LogP contribution is 2.06. The summed E-state index contributed by atoms with van der Waals surface area (Å²) in [6.07, 6.45) is -1.26. The van der Waals surface area contributed by atoms with Crippen molar-refractivity contribution in [2.24, 2.45) is 22.9 Å². The molecule has 0 fully saturated rings. The minimum absolute atomic E-state index is 0.0186. The highest BCUT2D eigenvalue weighted by molar-refractivity contribution is 5.98. The van der Waals surface area contributed by atoms with E-state index in [1.165, 1.54) is 20.8 Å². The number of unbranched alkanes of at least 4 members (excludes halogenated alkanes) is 2. The zero-order valence-electron chi connectivity index (χ0n) is 31.6. The summed E-state index contributed by atoms with van der Waals surface area (Å²) in [5, 5.41) is 44.2. The lowest BCUT2D eigenvalue weighted by Gasteiger charge is -2.25. The van der Waals surface area contributed by atoms with Gasteiger partial charge in [-0.25, -0.2) is 4.79 Å². The Morgan fingerprint density at radius 2 is 1.05 bits per heavy atom. The van der Waals surface area contributed by atoms with Crippen molar-refractivity contribution in [1.29, 1.82) is 0 Å². The van der Waals surface area contributed by atoms with E-state index >= 15 is 0 Å². The lowest BCUT2D eigenvalue weighted by molar-refractivity contribution is -0.143. The van der Waals surface area contributed by atoms with E-state index in [4.69, 9.17) is 28.0 Å². The summed E-state index contributed by atoms with van der Waals surface area (Å²) in [5.41, 5.74) is 21.7. The molecule has 0 bridgehead atoms. The number of carboxylic acid groups (broad SMARTS) is 2. The number of carbonyl (C=O) groups excluding carboxylic acids is 8. The quantitative estimate of drug-likeness (QED) is 0.0327. The van der Waals surface area contributed by atoms with Crippen LogP contribution in [-0.2, 0) is 47.9 Å². The maximum atomic E-state index is 13.3. The molecule has 24 nitrogen and oxygen atoms in total. The molecular weight excluding hydrogens is 746 g/mol. The van der Waals surface area contributed by atoms with E-state index in [0.29, 0.717) is 32.2 Å². The average Bonchev–Trinajstić information content (AvgIpc) is 3.10. The molecular formula is C32H57N11O13. The number of carboxylic acids is 2. The summed E-state index contributed by atoms with van der Waals surface area (Å²) in [5.74, 6) is -10.4. The van der Waals surface area contributed by atoms with Gasteiger partial charge in [0.2, 0.25) is 47.3 Å². The van der Waals surface area contributed by atoms with Gasteiger partial charge >= 0.3 is 11.9 Å². The molecule has 0 aromatic heterocycles. The van der Waals surface area contributed by atoms with Gasteiger partial charge in [0.15, 0.2) is 0 Å². The van der Waals surface area contributed by atoms with Crippen LogP contribution in [0.5, 0.6) is 0 Å². The van der Waals surface area contributed by atoms with Gasteiger partial charge in [-0.2, -0.15) is 0 Å². The number of aliphatic carboxylic acids is 2. The number of primary amides is 1. The molecule has 0 spiro atoms. The van der Waals surface area contributed by atoms with Gasteiger partial charge in [0, 0.05) is 0 Å². The van der Waals surface area contributed by atoms with Gasteiger partial charge in [0.25, 0.3) is 0 Å². The third-order valence-electron chi connectivity index (χ3n) is 7.92. The van der Waals surface area contributed by atoms with E-state index in [0.717, 1.165) is 0 Å². The summed E-state index contributed by atoms with van der Waals surface area (Å²) in [6, 6.07) is -10.0. The predicted octanol–water partition coefficient (Wildman–Crippen LogP) is -6.55. The van der Waals surface area contributed by atoms with Crippen molar-refractivity contribution in [3.05, 3.63) is 0 Å². The van der Waals surface area contributed by atoms with Gasteiger partial charge in [-0.3, -0.25) is 43.2 Å². The Labute approximate surface area is 322 Å². The molecule has 0 unspecified atom stereocenters. The van der Waals surface area contributed by atoms with Crippen molar-refractivity contribution in [3.8, 4) is 0 Å². The molecule has 0 aliphatic heterocycles. The van der Waals surface area contributed by atoms with E-state index in [2.05, 4.69) is 37.2 Å². The number of aliphatic hydroxyl groups excluding tert-OH is 1. The molecule has 318 valence electrons. The molecule has 0 aliphatic rings. The summed E-state index contributed by atoms with van der Waals surface area (Å²) in [6.45, 7) is 3.45. The Kier molecular flexibility index (Phi) is 23.8. The third kappa shape index (κ3) is 20.3. The minimum Gasteiger partial charge on any atom is -0.481 e. The van der Waals surface area contributed by atoms with Crippen molar-refractivity contribution in [3.63, 3.8) is 0 Å². The van der Waals surface area contributed by atoms with Crippen LogP contribution in [0.25, 0.3) is 0 Å². The first kappa shape index (κ1) is 50.5. The van der Waals surface area contributed by atoms with Gasteiger partial charge in [0.1, 0.15) is 36.3 Å². The number of nitrogens with two attached hydrogens (primary N) is 4. The van der Waals surface area contributed by atoms with Gasteiger partial charge < -0.3 is 75.5 Å². The molecule has 0 radical (unpaired) electrons. The van der Waals surface area contributed by atoms with Gasteiger partial charge in [-0.05, 0) is 72.4 Å². The molecule has 0 aromatic rings. The SMILES string of the molecule is C[C@H](NC(=O)[C@H](CCCCN)NC(=O)[C@H](CC(N)=O)NC(=O)[C@H](C)NC(=O)[C@@H](N)CC(=O)O)C(=O)NCC(=O)N[C@H](C(=O)N[C@@H](CCCCN)C(=O)O)[C@@H](C)O. The second-order valence-electron chi connectivity index (χ2n) is 12.9. The van der Waals surface area contributed by atoms with Crippen LogP contribution in [0.15, 0.2) is 0 Å². The Morgan fingerprint density at radius 3 is 1.55 bits per heavy atom. The zero-order chi connectivity index (χ0) is 43.1. The number of nitrogens with one attached hydrogen (secondary N) is 7. The zero-order valence-corrected chi connectivity index (χ0v) is 31.6. The fraction of sp³-hybridized carbons (Fsp3) is 0.688. The van der Waals surface area contributed by atoms with Crippen LogP contribution in [0.3, 0.4) is 0 Å². The van der Waals surface area contributed by atoms with Gasteiger partial charge in [0.05, 0.1) is 31.5 Å². The van der Waals surface area contributed by atoms with Gasteiger partial charge in [-0.1, -0.05) is 0 Å². The molecule has 18 N–H and O–H groups in total. The summed E-state index contributed by atoms with van der Waals surface area (Å²) >= 11 is 0. The minimum atomic E-state index is -1.64. The topological polar surface area (TPSA) is 420 Å². The number of carbonyl (C=O) groups is 10. The van der Waals surface area contributed by atoms with Gasteiger partial charge in [-0.15, -0.1) is 0 Å². The van der Waals surface area contributed by atoms with Crippen molar-refractivity contribution in [2.75, 3.05) is 19.6 Å². The monoisotopic (exact) mass is 803 g/mol. The Hall–Kier alpha value is -5.46. The fourth-order valence-corrected chi connectivity index (χ4v) is 4.75. The first-order chi connectivity index (χ1) is 26.1. The molecule has 0 aromatic carbocycles. The summed E-state index contributed by atoms with van der Waals surface area (Å²) in [4.78, 5) is 124. The normalized spacial score (nSPS) is 15.1. The molecule has 8 atom stereocenters. The van der Waals surface area contributed by atoms with Crippen molar-refractivity contribution in [1.82, 2.24) is 37.2 Å². The maximum Gasteiger partial charge on any atom is 0.326 e. The van der Waals surface area contributed by atoms with Crippen LogP contribution in [0.2, 0.25) is 0 Å². The van der Waals surface area contributed by atoms with E-state index in [1.54, 1.807) is 0 Å². The molecule has 0 rings (SSSR count). The van der Waals surface area contributed by atoms with Crippen molar-refractivity contribution >= 4 is 59.2 Å². The van der Waals surface area contributed by atoms with Crippen molar-refractivity contribution < 1.29 is 63.3 Å². The van der Waals surface area contributed by atoms with Crippen LogP contribution in [-0.4, -0.2) is 143 Å². The van der Waals surface area contributed by atoms with Crippen molar-refractivity contribution in [2.45, 2.75) is 121 Å². The van der Waals surface area contributed by atoms with Crippen LogP contribution in [0.4, 0.5) is 0 Å². The molecule has 8 amide bonds. The highest BCUT2D eigenvalue weighted by Gasteiger charge is 2.32. The first-order valence-corrected chi connectivity index (χ1v) is 17.8. The number of rotatable bonds is 28. The molecule has 24 heteroatoms. The number of amides is 8. The Bertz CT molecular complexity index is 1400. The number of hydrogen-bond acceptors (Lipinski definition) is 14. The van der Waals surface area contributed by atoms with E-state index in [-0.39, 0.29) is 19.4 Å². The molecule has 0 saturated heterocycles. The predicted molar refractivity (Wildman–Crippen MR) is 195 cm³/mol. The van der Waals surface area contributed by atoms with Crippen LogP contribution < -0.4 is 60.2 Å².